The number of thiazole rings is 1. The van der Waals surface area contributed by atoms with E-state index >= 15 is 0 Å². The minimum absolute atomic E-state index is 0.177. The lowest BCUT2D eigenvalue weighted by Crippen LogP contribution is -2.18. The first kappa shape index (κ1) is 9.30. The Hall–Kier alpha value is -0.940. The molecule has 0 saturated heterocycles. The Kier molecular flexibility index (Phi) is 2.03. The van der Waals surface area contributed by atoms with Gasteiger partial charge in [0.15, 0.2) is 5.82 Å². The number of hydrogen-bond donors (Lipinski definition) is 1. The summed E-state index contributed by atoms with van der Waals surface area (Å²) in [6.45, 7) is 2.02. The minimum atomic E-state index is 0.177. The molecule has 5 heteroatoms. The van der Waals surface area contributed by atoms with Crippen LogP contribution in [-0.2, 0) is 6.42 Å². The molecule has 80 valence electrons. The third kappa shape index (κ3) is 1.66. The summed E-state index contributed by atoms with van der Waals surface area (Å²) in [5.41, 5.74) is 6.98. The van der Waals surface area contributed by atoms with Crippen LogP contribution < -0.4 is 5.73 Å². The molecule has 0 aromatic carbocycles. The van der Waals surface area contributed by atoms with Crippen LogP contribution in [0.25, 0.3) is 4.96 Å². The largest absolute Gasteiger partial charge is 0.328 e. The maximum atomic E-state index is 5.80. The van der Waals surface area contributed by atoms with Gasteiger partial charge in [-0.15, -0.1) is 11.3 Å². The molecule has 0 spiro atoms. The third-order valence-corrected chi connectivity index (χ3v) is 3.50. The van der Waals surface area contributed by atoms with Gasteiger partial charge in [-0.2, -0.15) is 5.10 Å². The summed E-state index contributed by atoms with van der Waals surface area (Å²) >= 11 is 1.66. The SMILES string of the molecule is CC(N)Cc1csc2nc(C3CC3)nn12. The molecule has 1 aliphatic carbocycles. The molecule has 4 nitrogen and oxygen atoms in total. The molecule has 1 aliphatic rings. The van der Waals surface area contributed by atoms with Crippen molar-refractivity contribution in [2.75, 3.05) is 0 Å². The van der Waals surface area contributed by atoms with Gasteiger partial charge < -0.3 is 5.73 Å². The van der Waals surface area contributed by atoms with E-state index in [9.17, 15) is 0 Å². The molecule has 2 heterocycles. The van der Waals surface area contributed by atoms with Crippen LogP contribution in [0.4, 0.5) is 0 Å². The van der Waals surface area contributed by atoms with E-state index in [1.807, 2.05) is 11.4 Å². The highest BCUT2D eigenvalue weighted by molar-refractivity contribution is 7.15. The minimum Gasteiger partial charge on any atom is -0.328 e. The second-order valence-electron chi connectivity index (χ2n) is 4.35. The second kappa shape index (κ2) is 3.28. The Morgan fingerprint density at radius 3 is 3.13 bits per heavy atom. The molecule has 15 heavy (non-hydrogen) atoms. The van der Waals surface area contributed by atoms with Crippen molar-refractivity contribution in [3.63, 3.8) is 0 Å². The van der Waals surface area contributed by atoms with Crippen LogP contribution in [0.3, 0.4) is 0 Å². The molecule has 2 N–H and O–H groups in total. The zero-order valence-electron chi connectivity index (χ0n) is 8.68. The first-order valence-electron chi connectivity index (χ1n) is 5.32. The average Bonchev–Trinajstić information content (AvgIpc) is 2.84. The molecular weight excluding hydrogens is 208 g/mol. The van der Waals surface area contributed by atoms with Gasteiger partial charge in [0.25, 0.3) is 0 Å². The van der Waals surface area contributed by atoms with E-state index in [0.717, 1.165) is 17.2 Å². The van der Waals surface area contributed by atoms with Gasteiger partial charge in [-0.1, -0.05) is 0 Å². The predicted molar refractivity (Wildman–Crippen MR) is 60.2 cm³/mol. The number of nitrogens with zero attached hydrogens (tertiary/aromatic N) is 3. The number of rotatable bonds is 3. The van der Waals surface area contributed by atoms with E-state index in [-0.39, 0.29) is 6.04 Å². The van der Waals surface area contributed by atoms with Crippen molar-refractivity contribution in [2.45, 2.75) is 38.1 Å². The number of nitrogens with two attached hydrogens (primary N) is 1. The summed E-state index contributed by atoms with van der Waals surface area (Å²) < 4.78 is 1.96. The number of hydrogen-bond acceptors (Lipinski definition) is 4. The smallest absolute Gasteiger partial charge is 0.212 e. The van der Waals surface area contributed by atoms with Crippen molar-refractivity contribution in [3.8, 4) is 0 Å². The van der Waals surface area contributed by atoms with Crippen molar-refractivity contribution in [2.24, 2.45) is 5.73 Å². The Morgan fingerprint density at radius 1 is 1.67 bits per heavy atom. The number of aromatic nitrogens is 3. The van der Waals surface area contributed by atoms with E-state index in [1.54, 1.807) is 11.3 Å². The first-order valence-corrected chi connectivity index (χ1v) is 6.20. The Labute approximate surface area is 92.1 Å². The van der Waals surface area contributed by atoms with Gasteiger partial charge >= 0.3 is 0 Å². The van der Waals surface area contributed by atoms with Gasteiger partial charge in [0.1, 0.15) is 0 Å². The molecule has 0 bridgehead atoms. The Balaban J connectivity index is 1.99. The van der Waals surface area contributed by atoms with Crippen LogP contribution in [0.2, 0.25) is 0 Å². The van der Waals surface area contributed by atoms with Gasteiger partial charge in [0, 0.05) is 23.8 Å². The molecule has 3 rings (SSSR count). The lowest BCUT2D eigenvalue weighted by Gasteiger charge is -2.01. The fraction of sp³-hybridized carbons (Fsp3) is 0.600. The molecule has 1 atom stereocenters. The van der Waals surface area contributed by atoms with Crippen LogP contribution in [-0.4, -0.2) is 20.6 Å². The van der Waals surface area contributed by atoms with Crippen molar-refractivity contribution in [1.29, 1.82) is 0 Å². The van der Waals surface area contributed by atoms with Crippen molar-refractivity contribution in [1.82, 2.24) is 14.6 Å². The van der Waals surface area contributed by atoms with E-state index in [1.165, 1.54) is 18.5 Å². The Morgan fingerprint density at radius 2 is 2.47 bits per heavy atom. The average molecular weight is 222 g/mol. The maximum absolute atomic E-state index is 5.80. The Bertz CT molecular complexity index is 481. The topological polar surface area (TPSA) is 56.2 Å². The molecular formula is C10H14N4S. The van der Waals surface area contributed by atoms with E-state index in [0.29, 0.717) is 5.92 Å². The standard InChI is InChI=1S/C10H14N4S/c1-6(11)4-8-5-15-10-12-9(7-2-3-7)13-14(8)10/h5-7H,2-4,11H2,1H3. The summed E-state index contributed by atoms with van der Waals surface area (Å²) in [4.78, 5) is 5.54. The highest BCUT2D eigenvalue weighted by atomic mass is 32.1. The lowest BCUT2D eigenvalue weighted by molar-refractivity contribution is 0.699. The fourth-order valence-corrected chi connectivity index (χ4v) is 2.57. The molecule has 2 aromatic rings. The van der Waals surface area contributed by atoms with Gasteiger partial charge in [-0.3, -0.25) is 0 Å². The van der Waals surface area contributed by atoms with Crippen molar-refractivity contribution >= 4 is 16.3 Å². The summed E-state index contributed by atoms with van der Waals surface area (Å²) in [6, 6.07) is 0.177. The summed E-state index contributed by atoms with van der Waals surface area (Å²) in [6.07, 6.45) is 3.37. The zero-order chi connectivity index (χ0) is 10.4. The van der Waals surface area contributed by atoms with Crippen LogP contribution >= 0.6 is 11.3 Å². The summed E-state index contributed by atoms with van der Waals surface area (Å²) in [7, 11) is 0. The molecule has 1 saturated carbocycles. The molecule has 0 radical (unpaired) electrons. The molecule has 1 unspecified atom stereocenters. The van der Waals surface area contributed by atoms with Crippen LogP contribution in [0.1, 0.15) is 37.2 Å². The van der Waals surface area contributed by atoms with E-state index in [4.69, 9.17) is 5.73 Å². The van der Waals surface area contributed by atoms with E-state index in [2.05, 4.69) is 15.5 Å². The van der Waals surface area contributed by atoms with Crippen molar-refractivity contribution < 1.29 is 0 Å². The van der Waals surface area contributed by atoms with E-state index < -0.39 is 0 Å². The van der Waals surface area contributed by atoms with Crippen molar-refractivity contribution in [3.05, 3.63) is 16.9 Å². The fourth-order valence-electron chi connectivity index (χ4n) is 1.73. The van der Waals surface area contributed by atoms with Crippen LogP contribution in [0, 0.1) is 0 Å². The van der Waals surface area contributed by atoms with Gasteiger partial charge in [-0.05, 0) is 19.8 Å². The van der Waals surface area contributed by atoms with Gasteiger partial charge in [-0.25, -0.2) is 9.50 Å². The second-order valence-corrected chi connectivity index (χ2v) is 5.18. The first-order chi connectivity index (χ1) is 7.24. The monoisotopic (exact) mass is 222 g/mol. The van der Waals surface area contributed by atoms with Gasteiger partial charge in [0.05, 0.1) is 5.69 Å². The molecule has 0 amide bonds. The third-order valence-electron chi connectivity index (χ3n) is 2.64. The molecule has 1 fully saturated rings. The van der Waals surface area contributed by atoms with Crippen LogP contribution in [0.15, 0.2) is 5.38 Å². The van der Waals surface area contributed by atoms with Gasteiger partial charge in [0.2, 0.25) is 4.96 Å². The highest BCUT2D eigenvalue weighted by Crippen LogP contribution is 2.38. The summed E-state index contributed by atoms with van der Waals surface area (Å²) in [5, 5.41) is 6.65. The lowest BCUT2D eigenvalue weighted by atomic mass is 10.2. The highest BCUT2D eigenvalue weighted by Gasteiger charge is 2.28. The molecule has 0 aliphatic heterocycles. The zero-order valence-corrected chi connectivity index (χ0v) is 9.50. The quantitative estimate of drug-likeness (QED) is 0.857. The maximum Gasteiger partial charge on any atom is 0.212 e. The predicted octanol–water partition coefficient (Wildman–Crippen LogP) is 1.56. The van der Waals surface area contributed by atoms with Crippen LogP contribution in [0.5, 0.6) is 0 Å². The normalized spacial score (nSPS) is 18.5. The molecule has 2 aromatic heterocycles. The summed E-state index contributed by atoms with van der Waals surface area (Å²) in [5.74, 6) is 1.65. The number of fused-ring (bicyclic) bond motifs is 1.